The lowest BCUT2D eigenvalue weighted by Crippen LogP contribution is -2.17. The van der Waals surface area contributed by atoms with Crippen LogP contribution in [0.3, 0.4) is 0 Å². The summed E-state index contributed by atoms with van der Waals surface area (Å²) in [4.78, 5) is 3.96. The van der Waals surface area contributed by atoms with Crippen molar-refractivity contribution in [1.82, 2.24) is 4.98 Å². The Labute approximate surface area is 139 Å². The van der Waals surface area contributed by atoms with E-state index in [1.54, 1.807) is 0 Å². The van der Waals surface area contributed by atoms with Crippen molar-refractivity contribution in [3.8, 4) is 0 Å². The number of aromatic nitrogens is 1. The molecule has 1 aromatic rings. The van der Waals surface area contributed by atoms with Crippen LogP contribution < -0.4 is 0 Å². The normalized spacial score (nSPS) is 16.6. The van der Waals surface area contributed by atoms with Crippen molar-refractivity contribution in [1.29, 1.82) is 0 Å². The van der Waals surface area contributed by atoms with E-state index >= 15 is 0 Å². The van der Waals surface area contributed by atoms with E-state index in [1.807, 2.05) is 0 Å². The van der Waals surface area contributed by atoms with Crippen molar-refractivity contribution < 1.29 is 40.1 Å². The van der Waals surface area contributed by atoms with Gasteiger partial charge in [0.15, 0.2) is 12.6 Å². The molecule has 1 aromatic heterocycles. The Morgan fingerprint density at radius 1 is 0.833 bits per heavy atom. The largest absolute Gasteiger partial charge is 0.394 e. The van der Waals surface area contributed by atoms with Gasteiger partial charge < -0.3 is 40.1 Å². The van der Waals surface area contributed by atoms with Gasteiger partial charge >= 0.3 is 0 Å². The molecule has 0 aromatic carbocycles. The van der Waals surface area contributed by atoms with Gasteiger partial charge in [-0.1, -0.05) is 6.07 Å². The van der Waals surface area contributed by atoms with Gasteiger partial charge in [-0.05, 0) is 18.9 Å². The Balaban J connectivity index is 2.40. The molecule has 138 valence electrons. The molecule has 0 radical (unpaired) electrons. The fraction of sp³-hybridized carbons (Fsp3) is 0.667. The van der Waals surface area contributed by atoms with Gasteiger partial charge in [-0.25, -0.2) is 0 Å². The molecule has 1 heterocycles. The number of rotatable bonds is 12. The van der Waals surface area contributed by atoms with Crippen molar-refractivity contribution in [3.63, 3.8) is 0 Å². The number of pyridine rings is 1. The van der Waals surface area contributed by atoms with Gasteiger partial charge in [0.25, 0.3) is 0 Å². The van der Waals surface area contributed by atoms with Crippen molar-refractivity contribution >= 4 is 0 Å². The standard InChI is InChI=1S/C15H25NO8/c17-8-11(19)3-5-23-14(21)10-1-2-13(16-7-10)15(22)24-6-4-12(20)9-18/h1-2,7,11-12,14-15,17-22H,3-6,8-9H2. The molecular formula is C15H25NO8. The zero-order chi connectivity index (χ0) is 17.9. The predicted octanol–water partition coefficient (Wildman–Crippen LogP) is -1.42. The molecule has 0 fully saturated rings. The summed E-state index contributed by atoms with van der Waals surface area (Å²) in [5.41, 5.74) is 0.584. The Kier molecular flexibility index (Phi) is 9.91. The van der Waals surface area contributed by atoms with E-state index in [1.165, 1.54) is 18.3 Å². The predicted molar refractivity (Wildman–Crippen MR) is 81.5 cm³/mol. The fourth-order valence-electron chi connectivity index (χ4n) is 1.70. The first kappa shape index (κ1) is 20.9. The van der Waals surface area contributed by atoms with E-state index in [4.69, 9.17) is 29.9 Å². The highest BCUT2D eigenvalue weighted by molar-refractivity contribution is 5.15. The third-order valence-electron chi connectivity index (χ3n) is 3.22. The van der Waals surface area contributed by atoms with Gasteiger partial charge in [0, 0.05) is 11.8 Å². The van der Waals surface area contributed by atoms with E-state index in [2.05, 4.69) is 4.98 Å². The molecule has 6 N–H and O–H groups in total. The molecule has 0 aliphatic heterocycles. The van der Waals surface area contributed by atoms with Crippen molar-refractivity contribution in [2.45, 2.75) is 37.6 Å². The van der Waals surface area contributed by atoms with Crippen LogP contribution in [0.5, 0.6) is 0 Å². The summed E-state index contributed by atoms with van der Waals surface area (Å²) in [5, 5.41) is 55.3. The topological polar surface area (TPSA) is 153 Å². The van der Waals surface area contributed by atoms with Crippen LogP contribution in [0.4, 0.5) is 0 Å². The van der Waals surface area contributed by atoms with Gasteiger partial charge in [0.1, 0.15) is 0 Å². The van der Waals surface area contributed by atoms with Crippen LogP contribution in [-0.4, -0.2) is 74.3 Å². The molecule has 0 amide bonds. The first-order chi connectivity index (χ1) is 11.5. The van der Waals surface area contributed by atoms with Gasteiger partial charge in [0.2, 0.25) is 0 Å². The summed E-state index contributed by atoms with van der Waals surface area (Å²) in [6.07, 6.45) is -2.64. The Morgan fingerprint density at radius 3 is 1.83 bits per heavy atom. The maximum absolute atomic E-state index is 9.81. The molecule has 0 bridgehead atoms. The minimum absolute atomic E-state index is 0.0469. The minimum atomic E-state index is -1.29. The lowest BCUT2D eigenvalue weighted by atomic mass is 10.2. The first-order valence-electron chi connectivity index (χ1n) is 7.61. The SMILES string of the molecule is OCC(O)CCOC(O)c1ccc(C(O)OCCC(O)CO)nc1. The second-order valence-corrected chi connectivity index (χ2v) is 5.21. The maximum atomic E-state index is 9.81. The summed E-state index contributed by atoms with van der Waals surface area (Å²) < 4.78 is 10.2. The number of aliphatic hydroxyl groups is 6. The number of aliphatic hydroxyl groups excluding tert-OH is 6. The van der Waals surface area contributed by atoms with E-state index in [0.717, 1.165) is 0 Å². The molecular weight excluding hydrogens is 322 g/mol. The smallest absolute Gasteiger partial charge is 0.198 e. The second kappa shape index (κ2) is 11.4. The number of nitrogens with zero attached hydrogens (tertiary/aromatic N) is 1. The second-order valence-electron chi connectivity index (χ2n) is 5.21. The minimum Gasteiger partial charge on any atom is -0.394 e. The summed E-state index contributed by atoms with van der Waals surface area (Å²) in [6, 6.07) is 2.96. The number of hydrogen-bond donors (Lipinski definition) is 6. The summed E-state index contributed by atoms with van der Waals surface area (Å²) in [7, 11) is 0. The van der Waals surface area contributed by atoms with Crippen LogP contribution in [-0.2, 0) is 9.47 Å². The molecule has 9 heteroatoms. The van der Waals surface area contributed by atoms with Crippen LogP contribution in [0.2, 0.25) is 0 Å². The monoisotopic (exact) mass is 347 g/mol. The summed E-state index contributed by atoms with van der Waals surface area (Å²) in [6.45, 7) is -0.642. The van der Waals surface area contributed by atoms with E-state index in [9.17, 15) is 10.2 Å². The van der Waals surface area contributed by atoms with Crippen LogP contribution in [0.25, 0.3) is 0 Å². The molecule has 24 heavy (non-hydrogen) atoms. The highest BCUT2D eigenvalue weighted by Gasteiger charge is 2.14. The third-order valence-corrected chi connectivity index (χ3v) is 3.22. The number of hydrogen-bond acceptors (Lipinski definition) is 9. The van der Waals surface area contributed by atoms with Gasteiger partial charge in [-0.3, -0.25) is 4.98 Å². The van der Waals surface area contributed by atoms with Gasteiger partial charge in [-0.15, -0.1) is 0 Å². The van der Waals surface area contributed by atoms with Gasteiger partial charge in [-0.2, -0.15) is 0 Å². The van der Waals surface area contributed by atoms with Gasteiger partial charge in [0.05, 0.1) is 44.3 Å². The van der Waals surface area contributed by atoms with E-state index in [-0.39, 0.29) is 45.0 Å². The van der Waals surface area contributed by atoms with E-state index in [0.29, 0.717) is 5.56 Å². The molecule has 0 saturated carbocycles. The Morgan fingerprint density at radius 2 is 1.38 bits per heavy atom. The lowest BCUT2D eigenvalue weighted by Gasteiger charge is -2.15. The number of ether oxygens (including phenoxy) is 2. The zero-order valence-corrected chi connectivity index (χ0v) is 13.2. The molecule has 0 aliphatic carbocycles. The van der Waals surface area contributed by atoms with Crippen LogP contribution in [0.15, 0.2) is 18.3 Å². The quantitative estimate of drug-likeness (QED) is 0.250. The zero-order valence-electron chi connectivity index (χ0n) is 13.2. The van der Waals surface area contributed by atoms with Crippen molar-refractivity contribution in [3.05, 3.63) is 29.6 Å². The molecule has 0 aliphatic rings. The molecule has 4 atom stereocenters. The van der Waals surface area contributed by atoms with Crippen molar-refractivity contribution in [2.75, 3.05) is 26.4 Å². The van der Waals surface area contributed by atoms with Crippen LogP contribution >= 0.6 is 0 Å². The first-order valence-corrected chi connectivity index (χ1v) is 7.61. The molecule has 9 nitrogen and oxygen atoms in total. The average Bonchev–Trinajstić information content (AvgIpc) is 2.61. The fourth-order valence-corrected chi connectivity index (χ4v) is 1.70. The molecule has 1 rings (SSSR count). The summed E-state index contributed by atoms with van der Waals surface area (Å²) in [5.74, 6) is 0. The molecule has 0 spiro atoms. The third kappa shape index (κ3) is 7.60. The Hall–Kier alpha value is -1.17. The molecule has 4 unspecified atom stereocenters. The summed E-state index contributed by atoms with van der Waals surface area (Å²) >= 11 is 0. The van der Waals surface area contributed by atoms with Crippen molar-refractivity contribution in [2.24, 2.45) is 0 Å². The van der Waals surface area contributed by atoms with Crippen LogP contribution in [0, 0.1) is 0 Å². The maximum Gasteiger partial charge on any atom is 0.198 e. The average molecular weight is 347 g/mol. The van der Waals surface area contributed by atoms with Crippen LogP contribution in [0.1, 0.15) is 36.7 Å². The highest BCUT2D eigenvalue weighted by atomic mass is 16.6. The van der Waals surface area contributed by atoms with E-state index < -0.39 is 24.8 Å². The Bertz CT molecular complexity index is 403. The molecule has 0 saturated heterocycles. The lowest BCUT2D eigenvalue weighted by molar-refractivity contribution is -0.115. The highest BCUT2D eigenvalue weighted by Crippen LogP contribution is 2.17.